The normalized spacial score (nSPS) is 17.4. The maximum absolute atomic E-state index is 13.3. The fourth-order valence-corrected chi connectivity index (χ4v) is 3.15. The highest BCUT2D eigenvalue weighted by Gasteiger charge is 2.63. The Morgan fingerprint density at radius 3 is 2.52 bits per heavy atom. The Kier molecular flexibility index (Phi) is 6.29. The van der Waals surface area contributed by atoms with Crippen LogP contribution < -0.4 is 14.8 Å². The third-order valence-corrected chi connectivity index (χ3v) is 4.85. The second-order valence-corrected chi connectivity index (χ2v) is 6.75. The molecule has 1 aromatic rings. The number of rotatable bonds is 7. The summed E-state index contributed by atoms with van der Waals surface area (Å²) in [5, 5.41) is 3.05. The Bertz CT molecular complexity index is 684. The number of nitrogens with one attached hydrogen (secondary N) is 3. The van der Waals surface area contributed by atoms with E-state index in [4.69, 9.17) is 11.6 Å². The van der Waals surface area contributed by atoms with Crippen molar-refractivity contribution in [1.29, 1.82) is 0 Å². The lowest BCUT2D eigenvalue weighted by Gasteiger charge is -2.20. The Hall–Kier alpha value is -1.38. The first-order valence-electron chi connectivity index (χ1n) is 7.45. The van der Waals surface area contributed by atoms with Crippen molar-refractivity contribution in [2.75, 3.05) is 7.05 Å². The highest BCUT2D eigenvalue weighted by molar-refractivity contribution is 7.95. The molecule has 1 aliphatic rings. The van der Waals surface area contributed by atoms with Gasteiger partial charge < -0.3 is 10.0 Å². The minimum absolute atomic E-state index is 0.0503. The van der Waals surface area contributed by atoms with Crippen LogP contribution in [0.15, 0.2) is 35.1 Å². The molecule has 0 bridgehead atoms. The quantitative estimate of drug-likeness (QED) is 0.358. The molecule has 0 amide bonds. The van der Waals surface area contributed by atoms with Gasteiger partial charge in [-0.1, -0.05) is 17.7 Å². The molecule has 0 aromatic heterocycles. The molecule has 0 atom stereocenters. The summed E-state index contributed by atoms with van der Waals surface area (Å²) in [7, 11) is 1.64. The van der Waals surface area contributed by atoms with E-state index < -0.39 is 11.7 Å². The summed E-state index contributed by atoms with van der Waals surface area (Å²) >= 11 is 6.97. The first kappa shape index (κ1) is 19.9. The van der Waals surface area contributed by atoms with Crippen molar-refractivity contribution in [3.05, 3.63) is 52.1 Å². The van der Waals surface area contributed by atoms with Crippen LogP contribution in [0.25, 0.3) is 6.08 Å². The second-order valence-electron chi connectivity index (χ2n) is 5.73. The predicted molar refractivity (Wildman–Crippen MR) is 94.0 cm³/mol. The van der Waals surface area contributed by atoms with Gasteiger partial charge >= 0.3 is 6.18 Å². The van der Waals surface area contributed by atoms with Crippen LogP contribution in [-0.4, -0.2) is 18.8 Å². The molecular formula is C16H18ClF4N3S. The minimum Gasteiger partial charge on any atom is -0.392 e. The van der Waals surface area contributed by atoms with Crippen LogP contribution in [0.5, 0.6) is 0 Å². The number of benzene rings is 1. The zero-order chi connectivity index (χ0) is 18.7. The number of aryl methyl sites for hydroxylation is 1. The van der Waals surface area contributed by atoms with Gasteiger partial charge in [0.15, 0.2) is 0 Å². The number of allylic oxidation sites excluding steroid dienone is 1. The molecule has 0 unspecified atom stereocenters. The molecule has 1 aliphatic carbocycles. The predicted octanol–water partition coefficient (Wildman–Crippen LogP) is 4.61. The van der Waals surface area contributed by atoms with Crippen molar-refractivity contribution in [3.8, 4) is 0 Å². The van der Waals surface area contributed by atoms with Crippen LogP contribution in [0.1, 0.15) is 24.0 Å². The van der Waals surface area contributed by atoms with Crippen molar-refractivity contribution >= 4 is 29.8 Å². The number of halogens is 5. The third kappa shape index (κ3) is 5.05. The van der Waals surface area contributed by atoms with Gasteiger partial charge in [-0.3, -0.25) is 0 Å². The number of hydrogen-bond donors (Lipinski definition) is 3. The van der Waals surface area contributed by atoms with Gasteiger partial charge in [-0.15, -0.1) is 0 Å². The zero-order valence-corrected chi connectivity index (χ0v) is 15.2. The second kappa shape index (κ2) is 7.88. The van der Waals surface area contributed by atoms with E-state index in [-0.39, 0.29) is 23.7 Å². The summed E-state index contributed by atoms with van der Waals surface area (Å²) in [6.07, 6.45) is -1.07. The Balaban J connectivity index is 2.03. The molecule has 1 saturated carbocycles. The molecule has 3 N–H and O–H groups in total. The van der Waals surface area contributed by atoms with Crippen molar-refractivity contribution < 1.29 is 17.6 Å². The lowest BCUT2D eigenvalue weighted by atomic mass is 10.1. The highest BCUT2D eigenvalue weighted by atomic mass is 35.5. The van der Waals surface area contributed by atoms with Crippen molar-refractivity contribution in [2.24, 2.45) is 0 Å². The first-order chi connectivity index (χ1) is 11.7. The smallest absolute Gasteiger partial charge is 0.392 e. The fourth-order valence-electron chi connectivity index (χ4n) is 2.02. The van der Waals surface area contributed by atoms with Gasteiger partial charge in [-0.25, -0.2) is 9.11 Å². The third-order valence-electron chi connectivity index (χ3n) is 3.72. The van der Waals surface area contributed by atoms with E-state index in [1.165, 1.54) is 12.3 Å². The van der Waals surface area contributed by atoms with E-state index in [0.717, 1.165) is 12.1 Å². The highest BCUT2D eigenvalue weighted by Crippen LogP contribution is 2.49. The van der Waals surface area contributed by atoms with Crippen LogP contribution in [0.4, 0.5) is 17.6 Å². The molecule has 0 spiro atoms. The van der Waals surface area contributed by atoms with E-state index in [2.05, 4.69) is 14.8 Å². The molecule has 0 heterocycles. The van der Waals surface area contributed by atoms with E-state index in [1.807, 2.05) is 0 Å². The van der Waals surface area contributed by atoms with Gasteiger partial charge in [0.1, 0.15) is 11.4 Å². The summed E-state index contributed by atoms with van der Waals surface area (Å²) < 4.78 is 57.1. The molecule has 25 heavy (non-hydrogen) atoms. The molecule has 1 aromatic carbocycles. The fraction of sp³-hybridized carbons (Fsp3) is 0.375. The summed E-state index contributed by atoms with van der Waals surface area (Å²) in [5.74, 6) is -0.320. The maximum Gasteiger partial charge on any atom is 0.407 e. The molecule has 0 radical (unpaired) electrons. The Morgan fingerprint density at radius 1 is 1.32 bits per heavy atom. The topological polar surface area (TPSA) is 36.1 Å². The average molecular weight is 396 g/mol. The summed E-state index contributed by atoms with van der Waals surface area (Å²) in [5.41, 5.74) is -0.289. The van der Waals surface area contributed by atoms with Crippen molar-refractivity contribution in [2.45, 2.75) is 31.5 Å². The molecule has 1 fully saturated rings. The summed E-state index contributed by atoms with van der Waals surface area (Å²) in [4.78, 5) is 0. The van der Waals surface area contributed by atoms with E-state index in [0.29, 0.717) is 16.8 Å². The first-order valence-corrected chi connectivity index (χ1v) is 8.65. The lowest BCUT2D eigenvalue weighted by Crippen LogP contribution is -2.42. The minimum atomic E-state index is -4.29. The SMILES string of the molecule is CN/C=C(NSNC1(C(F)(F)F)CC1)\C(Cl)=C\c1ccc(F)c(C)c1. The van der Waals surface area contributed by atoms with Crippen molar-refractivity contribution in [3.63, 3.8) is 0 Å². The van der Waals surface area contributed by atoms with Crippen LogP contribution >= 0.6 is 23.7 Å². The van der Waals surface area contributed by atoms with Crippen LogP contribution in [-0.2, 0) is 0 Å². The van der Waals surface area contributed by atoms with E-state index >= 15 is 0 Å². The molecule has 138 valence electrons. The average Bonchev–Trinajstić information content (AvgIpc) is 3.31. The summed E-state index contributed by atoms with van der Waals surface area (Å²) in [6.45, 7) is 1.63. The van der Waals surface area contributed by atoms with Crippen LogP contribution in [0.3, 0.4) is 0 Å². The van der Waals surface area contributed by atoms with Gasteiger partial charge in [0.2, 0.25) is 0 Å². The monoisotopic (exact) mass is 395 g/mol. The van der Waals surface area contributed by atoms with Crippen LogP contribution in [0, 0.1) is 12.7 Å². The van der Waals surface area contributed by atoms with E-state index in [9.17, 15) is 17.6 Å². The van der Waals surface area contributed by atoms with Gasteiger partial charge in [-0.2, -0.15) is 13.2 Å². The van der Waals surface area contributed by atoms with Gasteiger partial charge in [0.25, 0.3) is 0 Å². The van der Waals surface area contributed by atoms with E-state index in [1.54, 1.807) is 32.2 Å². The summed E-state index contributed by atoms with van der Waals surface area (Å²) in [6, 6.07) is 4.52. The molecule has 0 saturated heterocycles. The van der Waals surface area contributed by atoms with Gasteiger partial charge in [0, 0.05) is 25.4 Å². The number of alkyl halides is 3. The van der Waals surface area contributed by atoms with Crippen LogP contribution in [0.2, 0.25) is 0 Å². The maximum atomic E-state index is 13.3. The van der Waals surface area contributed by atoms with Gasteiger partial charge in [-0.05, 0) is 49.1 Å². The zero-order valence-electron chi connectivity index (χ0n) is 13.6. The Labute approximate surface area is 153 Å². The van der Waals surface area contributed by atoms with Crippen molar-refractivity contribution in [1.82, 2.24) is 14.8 Å². The molecular weight excluding hydrogens is 378 g/mol. The standard InChI is InChI=1S/C16H18ClF4N3S/c1-10-7-11(3-4-13(10)18)8-12(17)14(9-22-2)23-25-24-15(5-6-15)16(19,20)21/h3-4,7-9,22-24H,5-6H2,1-2H3/b12-8-,14-9+. The molecule has 3 nitrogen and oxygen atoms in total. The Morgan fingerprint density at radius 2 is 2.00 bits per heavy atom. The molecule has 0 aliphatic heterocycles. The molecule has 2 rings (SSSR count). The lowest BCUT2D eigenvalue weighted by molar-refractivity contribution is -0.160. The number of hydrogen-bond acceptors (Lipinski definition) is 4. The molecule has 9 heteroatoms. The van der Waals surface area contributed by atoms with Gasteiger partial charge in [0.05, 0.1) is 10.7 Å². The largest absolute Gasteiger partial charge is 0.407 e.